The molecule has 3 rings (SSSR count). The number of carbonyl (C=O) groups is 2. The zero-order valence-corrected chi connectivity index (χ0v) is 19.3. The molecule has 2 aromatic rings. The monoisotopic (exact) mass is 432 g/mol. The maximum Gasteiger partial charge on any atom is 0.307 e. The zero-order valence-electron chi connectivity index (χ0n) is 18.3. The molecule has 0 heterocycles. The lowest BCUT2D eigenvalue weighted by Gasteiger charge is -2.40. The van der Waals surface area contributed by atoms with Crippen LogP contribution >= 0.6 is 0 Å². The molecule has 0 amide bonds. The molecule has 1 unspecified atom stereocenters. The van der Waals surface area contributed by atoms with Gasteiger partial charge in [0.15, 0.2) is 0 Å². The van der Waals surface area contributed by atoms with Crippen molar-refractivity contribution in [3.8, 4) is 0 Å². The van der Waals surface area contributed by atoms with E-state index in [-0.39, 0.29) is 29.1 Å². The third-order valence-electron chi connectivity index (χ3n) is 6.69. The van der Waals surface area contributed by atoms with Gasteiger partial charge >= 0.3 is 5.97 Å². The van der Waals surface area contributed by atoms with Crippen molar-refractivity contribution < 1.29 is 14.3 Å². The summed E-state index contributed by atoms with van der Waals surface area (Å²) in [5.74, 6) is -0.156. The molecule has 0 aliphatic heterocycles. The first-order valence-electron chi connectivity index (χ1n) is 11.1. The number of carbonyl (C=O) groups excluding carboxylic acids is 2. The predicted molar refractivity (Wildman–Crippen MR) is 129 cm³/mol. The Balaban J connectivity index is 2.16. The normalized spacial score (nSPS) is 19.6. The average Bonchev–Trinajstić information content (AvgIpc) is 3.15. The zero-order chi connectivity index (χ0) is 22.3. The van der Waals surface area contributed by atoms with E-state index in [2.05, 4.69) is 44.0 Å². The third kappa shape index (κ3) is 4.80. The fraction of sp³-hybridized carbons (Fsp3) is 0.333. The van der Waals surface area contributed by atoms with Gasteiger partial charge in [-0.2, -0.15) is 0 Å². The lowest BCUT2D eigenvalue weighted by molar-refractivity contribution is -0.145. The molecule has 0 saturated heterocycles. The second-order valence-corrected chi connectivity index (χ2v) is 12.6. The molecule has 31 heavy (non-hydrogen) atoms. The van der Waals surface area contributed by atoms with Gasteiger partial charge in [0.1, 0.15) is 13.9 Å². The fourth-order valence-electron chi connectivity index (χ4n) is 5.08. The van der Waals surface area contributed by atoms with Gasteiger partial charge in [0.25, 0.3) is 0 Å². The summed E-state index contributed by atoms with van der Waals surface area (Å²) in [6, 6.07) is 20.6. The maximum atomic E-state index is 13.7. The highest BCUT2D eigenvalue weighted by atomic mass is 28.3. The summed E-state index contributed by atoms with van der Waals surface area (Å²) in [4.78, 5) is 26.5. The van der Waals surface area contributed by atoms with Gasteiger partial charge in [0.2, 0.25) is 0 Å². The van der Waals surface area contributed by atoms with Crippen molar-refractivity contribution in [1.29, 1.82) is 0 Å². The minimum absolute atomic E-state index is 0.0428. The molecular weight excluding hydrogens is 400 g/mol. The molecule has 162 valence electrons. The Hall–Kier alpha value is -2.72. The molecule has 0 aromatic heterocycles. The van der Waals surface area contributed by atoms with E-state index < -0.39 is 8.07 Å². The Morgan fingerprint density at radius 1 is 1.06 bits per heavy atom. The van der Waals surface area contributed by atoms with Gasteiger partial charge in [-0.3, -0.25) is 9.59 Å². The molecule has 0 bridgehead atoms. The van der Waals surface area contributed by atoms with Crippen molar-refractivity contribution >= 4 is 30.2 Å². The van der Waals surface area contributed by atoms with Gasteiger partial charge in [-0.25, -0.2) is 0 Å². The van der Waals surface area contributed by atoms with Crippen molar-refractivity contribution in [2.45, 2.75) is 37.8 Å². The topological polar surface area (TPSA) is 43.4 Å². The number of ether oxygens (including phenoxy) is 1. The minimum Gasteiger partial charge on any atom is -0.465 e. The predicted octanol–water partition coefficient (Wildman–Crippen LogP) is 4.54. The second-order valence-electron chi connectivity index (χ2n) is 8.46. The van der Waals surface area contributed by atoms with Crippen LogP contribution in [0.3, 0.4) is 0 Å². The number of ketones is 1. The summed E-state index contributed by atoms with van der Waals surface area (Å²) in [5, 5.41) is 2.37. The summed E-state index contributed by atoms with van der Waals surface area (Å²) in [6.45, 7) is 10.2. The van der Waals surface area contributed by atoms with Crippen molar-refractivity contribution in [1.82, 2.24) is 0 Å². The molecule has 3 nitrogen and oxygen atoms in total. The van der Waals surface area contributed by atoms with Gasteiger partial charge < -0.3 is 4.74 Å². The summed E-state index contributed by atoms with van der Waals surface area (Å²) >= 11 is 0. The van der Waals surface area contributed by atoms with Crippen molar-refractivity contribution in [3.05, 3.63) is 86.0 Å². The summed E-state index contributed by atoms with van der Waals surface area (Å²) in [7, 11) is -2.61. The first-order valence-corrected chi connectivity index (χ1v) is 13.6. The maximum absolute atomic E-state index is 13.7. The number of Topliss-reactive ketones (excluding diaryl/α,β-unsaturated/α-hetero) is 1. The number of rotatable bonds is 10. The van der Waals surface area contributed by atoms with Gasteiger partial charge in [-0.1, -0.05) is 89.7 Å². The van der Waals surface area contributed by atoms with Gasteiger partial charge in [-0.15, -0.1) is 13.2 Å². The van der Waals surface area contributed by atoms with Crippen LogP contribution in [0, 0.1) is 11.8 Å². The molecule has 0 N–H and O–H groups in total. The molecule has 1 saturated carbocycles. The summed E-state index contributed by atoms with van der Waals surface area (Å²) < 4.78 is 5.80. The third-order valence-corrected chi connectivity index (χ3v) is 11.7. The Morgan fingerprint density at radius 2 is 1.65 bits per heavy atom. The van der Waals surface area contributed by atoms with Crippen LogP contribution < -0.4 is 10.4 Å². The Kier molecular flexibility index (Phi) is 7.80. The number of esters is 1. The Bertz CT molecular complexity index is 867. The molecular formula is C27H32O3Si. The molecule has 1 aliphatic rings. The Morgan fingerprint density at radius 3 is 2.16 bits per heavy atom. The fourth-order valence-corrected chi connectivity index (χ4v) is 9.72. The minimum atomic E-state index is -2.61. The Labute approximate surface area is 186 Å². The van der Waals surface area contributed by atoms with Gasteiger partial charge in [0.05, 0.1) is 12.1 Å². The van der Waals surface area contributed by atoms with Crippen molar-refractivity contribution in [2.75, 3.05) is 6.61 Å². The van der Waals surface area contributed by atoms with E-state index >= 15 is 0 Å². The van der Waals surface area contributed by atoms with E-state index in [1.165, 1.54) is 10.4 Å². The summed E-state index contributed by atoms with van der Waals surface area (Å²) in [5.41, 5.74) is -0.349. The van der Waals surface area contributed by atoms with E-state index in [0.29, 0.717) is 25.9 Å². The highest BCUT2D eigenvalue weighted by molar-refractivity contribution is 7.04. The van der Waals surface area contributed by atoms with E-state index in [1.807, 2.05) is 42.5 Å². The molecule has 0 radical (unpaired) electrons. The van der Waals surface area contributed by atoms with Crippen LogP contribution in [0.5, 0.6) is 0 Å². The van der Waals surface area contributed by atoms with Crippen LogP contribution in [0.15, 0.2) is 86.0 Å². The van der Waals surface area contributed by atoms with Crippen LogP contribution in [-0.4, -0.2) is 26.4 Å². The van der Waals surface area contributed by atoms with Crippen LogP contribution in [0.25, 0.3) is 0 Å². The van der Waals surface area contributed by atoms with Crippen molar-refractivity contribution in [3.63, 3.8) is 0 Å². The molecule has 1 fully saturated rings. The molecule has 0 spiro atoms. The number of allylic oxidation sites excluding steroid dienone is 1. The van der Waals surface area contributed by atoms with Gasteiger partial charge in [-0.05, 0) is 25.2 Å². The van der Waals surface area contributed by atoms with Crippen LogP contribution in [-0.2, 0) is 14.3 Å². The lowest BCUT2D eigenvalue weighted by atomic mass is 9.89. The SMILES string of the molecule is C=CCCOC(=O)C([C@H]1CCC(=O)[C@@H]1CC=C)[Si](C)(c1ccccc1)c1ccccc1. The molecule has 3 atom stereocenters. The van der Waals surface area contributed by atoms with E-state index in [4.69, 9.17) is 4.74 Å². The lowest BCUT2D eigenvalue weighted by Crippen LogP contribution is -2.63. The van der Waals surface area contributed by atoms with Gasteiger partial charge in [0, 0.05) is 12.3 Å². The van der Waals surface area contributed by atoms with E-state index in [0.717, 1.165) is 6.42 Å². The van der Waals surface area contributed by atoms with Crippen LogP contribution in [0.2, 0.25) is 12.1 Å². The highest BCUT2D eigenvalue weighted by Gasteiger charge is 2.53. The number of hydrogen-bond donors (Lipinski definition) is 0. The molecule has 1 aliphatic carbocycles. The first-order chi connectivity index (χ1) is 15.0. The average molecular weight is 433 g/mol. The largest absolute Gasteiger partial charge is 0.465 e. The number of hydrogen-bond acceptors (Lipinski definition) is 3. The van der Waals surface area contributed by atoms with Crippen LogP contribution in [0.4, 0.5) is 0 Å². The highest BCUT2D eigenvalue weighted by Crippen LogP contribution is 2.45. The van der Waals surface area contributed by atoms with Crippen LogP contribution in [0.1, 0.15) is 25.7 Å². The smallest absolute Gasteiger partial charge is 0.307 e. The van der Waals surface area contributed by atoms with E-state index in [9.17, 15) is 9.59 Å². The number of benzene rings is 2. The summed E-state index contributed by atoms with van der Waals surface area (Å²) in [6.07, 6.45) is 6.04. The molecule has 2 aromatic carbocycles. The standard InChI is InChI=1S/C27H32O3Si/c1-4-6-20-30-27(29)26(24-18-19-25(28)23(24)13-5-2)31(3,21-14-9-7-10-15-21)22-16-11-8-12-17-22/h4-5,7-12,14-17,23-24,26H,1-2,6,13,18-20H2,3H3/t23-,24+,26?/m1/s1. The quantitative estimate of drug-likeness (QED) is 0.240. The van der Waals surface area contributed by atoms with E-state index in [1.54, 1.807) is 6.08 Å². The molecule has 4 heteroatoms. The first kappa shape index (κ1) is 23.0. The van der Waals surface area contributed by atoms with Crippen molar-refractivity contribution in [2.24, 2.45) is 11.8 Å². The second kappa shape index (κ2) is 10.5.